The Balaban J connectivity index is 3.21. The Bertz CT molecular complexity index is 465. The molecular formula is C13H22N2O8. The third-order valence-electron chi connectivity index (χ3n) is 3.53. The fourth-order valence-electron chi connectivity index (χ4n) is 2.54. The van der Waals surface area contributed by atoms with Gasteiger partial charge in [0.2, 0.25) is 11.8 Å². The topological polar surface area (TPSA) is 165 Å². The van der Waals surface area contributed by atoms with Crippen LogP contribution in [0.4, 0.5) is 0 Å². The molecule has 0 aromatic rings. The van der Waals surface area contributed by atoms with Crippen molar-refractivity contribution in [2.24, 2.45) is 0 Å². The molecule has 0 aliphatic carbocycles. The first-order valence-electron chi connectivity index (χ1n) is 7.02. The van der Waals surface area contributed by atoms with Gasteiger partial charge in [-0.1, -0.05) is 0 Å². The van der Waals surface area contributed by atoms with Crippen LogP contribution in [-0.2, 0) is 19.1 Å². The number of aliphatic carboxylic acids is 1. The lowest BCUT2D eigenvalue weighted by molar-refractivity contribution is -0.283. The zero-order valence-electron chi connectivity index (χ0n) is 13.0. The van der Waals surface area contributed by atoms with Crippen LogP contribution >= 0.6 is 0 Å². The Morgan fingerprint density at radius 1 is 1.26 bits per heavy atom. The number of carboxylic acids is 1. The van der Waals surface area contributed by atoms with Crippen LogP contribution in [0.1, 0.15) is 27.2 Å². The monoisotopic (exact) mass is 334 g/mol. The minimum atomic E-state index is -2.70. The number of aliphatic hydroxyl groups excluding tert-OH is 2. The number of hydrogen-bond acceptors (Lipinski definition) is 7. The number of carboxylic acid groups (broad SMARTS) is 1. The van der Waals surface area contributed by atoms with Gasteiger partial charge in [0, 0.05) is 20.3 Å². The highest BCUT2D eigenvalue weighted by Gasteiger charge is 2.53. The van der Waals surface area contributed by atoms with Crippen molar-refractivity contribution >= 4 is 17.8 Å². The van der Waals surface area contributed by atoms with Gasteiger partial charge >= 0.3 is 5.97 Å². The highest BCUT2D eigenvalue weighted by atomic mass is 16.7. The van der Waals surface area contributed by atoms with Crippen LogP contribution in [0.25, 0.3) is 0 Å². The molecule has 10 heteroatoms. The fourth-order valence-corrected chi connectivity index (χ4v) is 2.54. The van der Waals surface area contributed by atoms with Crippen LogP contribution in [0.5, 0.6) is 0 Å². The standard InChI is InChI=1S/C13H22N2O8/c1-5(16)9(14-6(2)17)11-10(15-7(3)18)8(19)4-13(22,23-11)12(20)21/h5,8-11,16,19,22H,4H2,1-3H3,(H,14,17)(H,15,18)(H,20,21)/t5-,8+,9-,10+,11+,13-/m1/s1. The number of carbonyl (C=O) groups is 3. The second kappa shape index (κ2) is 7.21. The number of ether oxygens (including phenoxy) is 1. The maximum absolute atomic E-state index is 11.3. The smallest absolute Gasteiger partial charge is 0.364 e. The van der Waals surface area contributed by atoms with E-state index in [0.29, 0.717) is 0 Å². The van der Waals surface area contributed by atoms with Crippen molar-refractivity contribution in [2.45, 2.75) is 63.4 Å². The Kier molecular flexibility index (Phi) is 6.05. The fraction of sp³-hybridized carbons (Fsp3) is 0.769. The molecule has 6 N–H and O–H groups in total. The van der Waals surface area contributed by atoms with E-state index in [-0.39, 0.29) is 0 Å². The molecule has 1 aliphatic rings. The maximum Gasteiger partial charge on any atom is 0.364 e. The van der Waals surface area contributed by atoms with Crippen molar-refractivity contribution in [1.29, 1.82) is 0 Å². The van der Waals surface area contributed by atoms with Crippen molar-refractivity contribution in [1.82, 2.24) is 10.6 Å². The molecule has 23 heavy (non-hydrogen) atoms. The molecule has 10 nitrogen and oxygen atoms in total. The zero-order chi connectivity index (χ0) is 17.9. The summed E-state index contributed by atoms with van der Waals surface area (Å²) in [4.78, 5) is 33.8. The molecule has 6 atom stereocenters. The Morgan fingerprint density at radius 2 is 1.83 bits per heavy atom. The van der Waals surface area contributed by atoms with Crippen LogP contribution < -0.4 is 10.6 Å². The molecule has 0 aromatic heterocycles. The van der Waals surface area contributed by atoms with E-state index < -0.39 is 60.4 Å². The van der Waals surface area contributed by atoms with E-state index in [1.54, 1.807) is 0 Å². The molecule has 1 fully saturated rings. The zero-order valence-corrected chi connectivity index (χ0v) is 13.0. The summed E-state index contributed by atoms with van der Waals surface area (Å²) in [6.45, 7) is 3.67. The number of hydrogen-bond donors (Lipinski definition) is 6. The van der Waals surface area contributed by atoms with Gasteiger partial charge in [-0.05, 0) is 6.92 Å². The molecular weight excluding hydrogens is 312 g/mol. The van der Waals surface area contributed by atoms with E-state index in [2.05, 4.69) is 10.6 Å². The molecule has 1 heterocycles. The Labute approximate surface area is 132 Å². The maximum atomic E-state index is 11.3. The van der Waals surface area contributed by atoms with Gasteiger partial charge in [0.1, 0.15) is 6.10 Å². The summed E-state index contributed by atoms with van der Waals surface area (Å²) >= 11 is 0. The summed E-state index contributed by atoms with van der Waals surface area (Å²) in [6.07, 6.45) is -4.72. The lowest BCUT2D eigenvalue weighted by Crippen LogP contribution is -2.69. The first-order valence-corrected chi connectivity index (χ1v) is 7.02. The highest BCUT2D eigenvalue weighted by molar-refractivity contribution is 5.76. The molecule has 0 aromatic carbocycles. The predicted octanol–water partition coefficient (Wildman–Crippen LogP) is -2.70. The summed E-state index contributed by atoms with van der Waals surface area (Å²) in [5.41, 5.74) is 0. The lowest BCUT2D eigenvalue weighted by Gasteiger charge is -2.45. The van der Waals surface area contributed by atoms with Crippen LogP contribution in [0.15, 0.2) is 0 Å². The van der Waals surface area contributed by atoms with E-state index in [0.717, 1.165) is 0 Å². The van der Waals surface area contributed by atoms with E-state index in [1.807, 2.05) is 0 Å². The quantitative estimate of drug-likeness (QED) is 0.316. The average Bonchev–Trinajstić information content (AvgIpc) is 2.38. The highest BCUT2D eigenvalue weighted by Crippen LogP contribution is 2.30. The van der Waals surface area contributed by atoms with Gasteiger partial charge in [0.05, 0.1) is 24.3 Å². The van der Waals surface area contributed by atoms with Crippen LogP contribution in [0, 0.1) is 0 Å². The molecule has 1 aliphatic heterocycles. The normalized spacial score (nSPS) is 33.4. The molecule has 2 amide bonds. The number of amides is 2. The van der Waals surface area contributed by atoms with Crippen LogP contribution in [0.3, 0.4) is 0 Å². The minimum absolute atomic E-state index is 0.532. The number of rotatable bonds is 5. The third-order valence-corrected chi connectivity index (χ3v) is 3.53. The molecule has 0 bridgehead atoms. The Morgan fingerprint density at radius 3 is 2.22 bits per heavy atom. The summed E-state index contributed by atoms with van der Waals surface area (Å²) in [5.74, 6) is -5.50. The largest absolute Gasteiger partial charge is 0.477 e. The molecule has 0 unspecified atom stereocenters. The minimum Gasteiger partial charge on any atom is -0.477 e. The number of aliphatic hydroxyl groups is 3. The first-order chi connectivity index (χ1) is 10.5. The van der Waals surface area contributed by atoms with E-state index in [1.165, 1.54) is 20.8 Å². The molecule has 0 spiro atoms. The second-order valence-electron chi connectivity index (χ2n) is 5.64. The van der Waals surface area contributed by atoms with Gasteiger partial charge in [-0.3, -0.25) is 9.59 Å². The van der Waals surface area contributed by atoms with Crippen molar-refractivity contribution in [3.05, 3.63) is 0 Å². The average molecular weight is 334 g/mol. The molecule has 0 radical (unpaired) electrons. The van der Waals surface area contributed by atoms with Gasteiger partial charge < -0.3 is 35.8 Å². The molecule has 0 saturated carbocycles. The summed E-state index contributed by atoms with van der Waals surface area (Å²) in [5, 5.41) is 43.8. The molecule has 132 valence electrons. The van der Waals surface area contributed by atoms with Crippen molar-refractivity contribution in [3.8, 4) is 0 Å². The Hall–Kier alpha value is -1.75. The van der Waals surface area contributed by atoms with Gasteiger partial charge in [0.25, 0.3) is 5.79 Å². The van der Waals surface area contributed by atoms with Crippen molar-refractivity contribution in [2.75, 3.05) is 0 Å². The number of carbonyl (C=O) groups excluding carboxylic acids is 2. The predicted molar refractivity (Wildman–Crippen MR) is 75.0 cm³/mol. The summed E-state index contributed by atoms with van der Waals surface area (Å²) < 4.78 is 5.15. The van der Waals surface area contributed by atoms with Crippen LogP contribution in [-0.4, -0.2) is 74.4 Å². The van der Waals surface area contributed by atoms with E-state index >= 15 is 0 Å². The van der Waals surface area contributed by atoms with Gasteiger partial charge in [-0.15, -0.1) is 0 Å². The van der Waals surface area contributed by atoms with Crippen molar-refractivity contribution in [3.63, 3.8) is 0 Å². The second-order valence-corrected chi connectivity index (χ2v) is 5.64. The summed E-state index contributed by atoms with van der Waals surface area (Å²) in [6, 6.07) is -2.29. The van der Waals surface area contributed by atoms with Gasteiger partial charge in [-0.25, -0.2) is 4.79 Å². The summed E-state index contributed by atoms with van der Waals surface area (Å²) in [7, 11) is 0. The first kappa shape index (κ1) is 19.3. The van der Waals surface area contributed by atoms with E-state index in [9.17, 15) is 29.7 Å². The molecule has 1 saturated heterocycles. The van der Waals surface area contributed by atoms with Crippen molar-refractivity contribution < 1.29 is 39.5 Å². The SMILES string of the molecule is CC(=O)N[C@@H]1[C@H]([C@H](NC(C)=O)[C@@H](C)O)O[C@@](O)(C(=O)O)C[C@@H]1O. The lowest BCUT2D eigenvalue weighted by atomic mass is 9.87. The van der Waals surface area contributed by atoms with Gasteiger partial charge in [-0.2, -0.15) is 0 Å². The van der Waals surface area contributed by atoms with Crippen LogP contribution in [0.2, 0.25) is 0 Å². The number of nitrogens with one attached hydrogen (secondary N) is 2. The third kappa shape index (κ3) is 4.61. The molecule has 1 rings (SSSR count). The van der Waals surface area contributed by atoms with E-state index in [4.69, 9.17) is 9.84 Å². The van der Waals surface area contributed by atoms with Gasteiger partial charge in [0.15, 0.2) is 0 Å².